The summed E-state index contributed by atoms with van der Waals surface area (Å²) in [6.07, 6.45) is 2.27. The van der Waals surface area contributed by atoms with Gasteiger partial charge < -0.3 is 20.2 Å². The minimum Gasteiger partial charge on any atom is -0.361 e. The highest BCUT2D eigenvalue weighted by Crippen LogP contribution is 2.22. The molecule has 0 saturated carbocycles. The molecule has 3 aromatic heterocycles. The lowest BCUT2D eigenvalue weighted by Gasteiger charge is -2.17. The van der Waals surface area contributed by atoms with Crippen LogP contribution in [0.4, 0.5) is 0 Å². The fourth-order valence-corrected chi connectivity index (χ4v) is 4.96. The number of amides is 2. The Morgan fingerprint density at radius 2 is 2.03 bits per heavy atom. The van der Waals surface area contributed by atoms with E-state index < -0.39 is 6.04 Å². The van der Waals surface area contributed by atoms with Gasteiger partial charge in [0.15, 0.2) is 0 Å². The maximum Gasteiger partial charge on any atom is 0.252 e. The predicted octanol–water partition coefficient (Wildman–Crippen LogP) is 4.02. The number of thiophene rings is 1. The molecule has 0 fully saturated rings. The van der Waals surface area contributed by atoms with Crippen LogP contribution in [0.5, 0.6) is 0 Å². The number of likely N-dealkylation sites (N-methyl/N-ethyl adjacent to an activating group) is 1. The second-order valence-electron chi connectivity index (χ2n) is 8.28. The van der Waals surface area contributed by atoms with E-state index in [0.717, 1.165) is 39.9 Å². The summed E-state index contributed by atoms with van der Waals surface area (Å²) in [7, 11) is 1.58. The number of carbonyl (C=O) groups excluding carboxylic acids is 2. The lowest BCUT2D eigenvalue weighted by atomic mass is 10.0. The average molecular weight is 472 g/mol. The lowest BCUT2D eigenvalue weighted by molar-refractivity contribution is -0.122. The summed E-state index contributed by atoms with van der Waals surface area (Å²) in [5.41, 5.74) is 5.40. The molecular formula is C26H25N5O2S. The van der Waals surface area contributed by atoms with Gasteiger partial charge in [-0.05, 0) is 59.1 Å². The first-order chi connectivity index (χ1) is 16.5. The zero-order chi connectivity index (χ0) is 23.7. The summed E-state index contributed by atoms with van der Waals surface area (Å²) >= 11 is 1.67. The largest absolute Gasteiger partial charge is 0.361 e. The highest BCUT2D eigenvalue weighted by molar-refractivity contribution is 7.07. The molecule has 172 valence electrons. The number of carbonyl (C=O) groups is 2. The van der Waals surface area contributed by atoms with E-state index in [1.807, 2.05) is 43.5 Å². The van der Waals surface area contributed by atoms with Crippen LogP contribution in [0.1, 0.15) is 27.3 Å². The third-order valence-corrected chi connectivity index (χ3v) is 6.82. The first-order valence-corrected chi connectivity index (χ1v) is 12.0. The second-order valence-corrected chi connectivity index (χ2v) is 9.06. The second kappa shape index (κ2) is 9.15. The molecule has 0 unspecified atom stereocenters. The van der Waals surface area contributed by atoms with Crippen LogP contribution in [0.3, 0.4) is 0 Å². The number of hydrogen-bond acceptors (Lipinski definition) is 4. The molecule has 7 nitrogen and oxygen atoms in total. The van der Waals surface area contributed by atoms with Crippen LogP contribution in [-0.4, -0.2) is 39.4 Å². The van der Waals surface area contributed by atoms with E-state index in [2.05, 4.69) is 42.0 Å². The number of nitrogens with one attached hydrogen (secondary N) is 3. The molecule has 5 aromatic rings. The van der Waals surface area contributed by atoms with Crippen molar-refractivity contribution in [2.24, 2.45) is 0 Å². The van der Waals surface area contributed by atoms with Crippen molar-refractivity contribution in [1.82, 2.24) is 25.2 Å². The molecule has 1 atom stereocenters. The van der Waals surface area contributed by atoms with Crippen molar-refractivity contribution in [3.05, 3.63) is 88.0 Å². The van der Waals surface area contributed by atoms with Crippen molar-refractivity contribution in [2.45, 2.75) is 25.9 Å². The van der Waals surface area contributed by atoms with Crippen molar-refractivity contribution in [3.63, 3.8) is 0 Å². The Morgan fingerprint density at radius 1 is 1.18 bits per heavy atom. The smallest absolute Gasteiger partial charge is 0.252 e. The SMILES string of the molecule is CNC(=O)[C@H](Cc1c[nH]c2ccccc12)NC(=O)c1ccc2c(c1)nc(C)n2Cc1ccsc1. The van der Waals surface area contributed by atoms with E-state index >= 15 is 0 Å². The van der Waals surface area contributed by atoms with Gasteiger partial charge in [-0.2, -0.15) is 11.3 Å². The number of H-pyrrole nitrogens is 1. The molecule has 0 bridgehead atoms. The molecule has 2 amide bonds. The van der Waals surface area contributed by atoms with E-state index in [0.29, 0.717) is 12.0 Å². The van der Waals surface area contributed by atoms with Crippen LogP contribution in [0.25, 0.3) is 21.9 Å². The molecule has 0 aliphatic rings. The van der Waals surface area contributed by atoms with E-state index in [4.69, 9.17) is 0 Å². The van der Waals surface area contributed by atoms with Crippen LogP contribution in [0.2, 0.25) is 0 Å². The third kappa shape index (κ3) is 4.20. The number of benzene rings is 2. The van der Waals surface area contributed by atoms with Gasteiger partial charge in [0.25, 0.3) is 5.91 Å². The summed E-state index contributed by atoms with van der Waals surface area (Å²) in [5, 5.41) is 10.8. The van der Waals surface area contributed by atoms with Crippen molar-refractivity contribution >= 4 is 45.1 Å². The molecule has 5 rings (SSSR count). The summed E-state index contributed by atoms with van der Waals surface area (Å²) in [5.74, 6) is 0.345. The van der Waals surface area contributed by atoms with Gasteiger partial charge in [0.2, 0.25) is 5.91 Å². The fraction of sp³-hybridized carbons (Fsp3) is 0.192. The van der Waals surface area contributed by atoms with Crippen LogP contribution >= 0.6 is 11.3 Å². The van der Waals surface area contributed by atoms with E-state index in [-0.39, 0.29) is 11.8 Å². The number of nitrogens with zero attached hydrogens (tertiary/aromatic N) is 2. The number of rotatable bonds is 7. The number of imidazole rings is 1. The van der Waals surface area contributed by atoms with Gasteiger partial charge in [0.05, 0.1) is 17.6 Å². The molecule has 2 aromatic carbocycles. The molecule has 0 spiro atoms. The number of hydrogen-bond donors (Lipinski definition) is 3. The van der Waals surface area contributed by atoms with Gasteiger partial charge in [-0.1, -0.05) is 18.2 Å². The van der Waals surface area contributed by atoms with Gasteiger partial charge >= 0.3 is 0 Å². The number of aromatic amines is 1. The van der Waals surface area contributed by atoms with Crippen LogP contribution in [0, 0.1) is 6.92 Å². The molecule has 0 aliphatic heterocycles. The zero-order valence-corrected chi connectivity index (χ0v) is 19.8. The summed E-state index contributed by atoms with van der Waals surface area (Å²) in [4.78, 5) is 33.6. The molecular weight excluding hydrogens is 446 g/mol. The van der Waals surface area contributed by atoms with Gasteiger partial charge in [0, 0.05) is 36.1 Å². The van der Waals surface area contributed by atoms with Crippen molar-refractivity contribution in [3.8, 4) is 0 Å². The molecule has 34 heavy (non-hydrogen) atoms. The molecule has 3 heterocycles. The summed E-state index contributed by atoms with van der Waals surface area (Å²) in [6, 6.07) is 14.8. The standard InChI is InChI=1S/C26H25N5O2S/c1-16-29-22-11-18(7-8-24(22)31(16)14-17-9-10-34-15-17)25(32)30-23(26(33)27-2)12-19-13-28-21-6-4-3-5-20(19)21/h3-11,13,15,23,28H,12,14H2,1-2H3,(H,27,33)(H,30,32)/t23-/m0/s1. The zero-order valence-electron chi connectivity index (χ0n) is 19.0. The van der Waals surface area contributed by atoms with Crippen LogP contribution in [-0.2, 0) is 17.8 Å². The number of fused-ring (bicyclic) bond motifs is 2. The topological polar surface area (TPSA) is 91.8 Å². The maximum absolute atomic E-state index is 13.1. The lowest BCUT2D eigenvalue weighted by Crippen LogP contribution is -2.47. The van der Waals surface area contributed by atoms with E-state index in [9.17, 15) is 9.59 Å². The number of para-hydroxylation sites is 1. The van der Waals surface area contributed by atoms with E-state index in [1.54, 1.807) is 30.5 Å². The average Bonchev–Trinajstić information content (AvgIpc) is 3.58. The third-order valence-electron chi connectivity index (χ3n) is 6.09. The predicted molar refractivity (Wildman–Crippen MR) is 135 cm³/mol. The molecule has 0 saturated heterocycles. The number of aromatic nitrogens is 3. The minimum absolute atomic E-state index is 0.240. The molecule has 3 N–H and O–H groups in total. The monoisotopic (exact) mass is 471 g/mol. The van der Waals surface area contributed by atoms with Gasteiger partial charge in [-0.25, -0.2) is 4.98 Å². The quantitative estimate of drug-likeness (QED) is 0.335. The van der Waals surface area contributed by atoms with Crippen molar-refractivity contribution in [1.29, 1.82) is 0 Å². The first kappa shape index (κ1) is 21.9. The Morgan fingerprint density at radius 3 is 2.82 bits per heavy atom. The molecule has 0 aliphatic carbocycles. The molecule has 0 radical (unpaired) electrons. The van der Waals surface area contributed by atoms with Crippen LogP contribution in [0.15, 0.2) is 65.5 Å². The maximum atomic E-state index is 13.1. The number of aryl methyl sites for hydroxylation is 1. The van der Waals surface area contributed by atoms with Gasteiger partial charge in [0.1, 0.15) is 11.9 Å². The van der Waals surface area contributed by atoms with Gasteiger partial charge in [-0.3, -0.25) is 9.59 Å². The highest BCUT2D eigenvalue weighted by atomic mass is 32.1. The highest BCUT2D eigenvalue weighted by Gasteiger charge is 2.23. The Labute approximate surface area is 200 Å². The fourth-order valence-electron chi connectivity index (χ4n) is 4.30. The Balaban J connectivity index is 1.38. The normalized spacial score (nSPS) is 12.2. The Kier molecular flexibility index (Phi) is 5.90. The summed E-state index contributed by atoms with van der Waals surface area (Å²) < 4.78 is 2.14. The van der Waals surface area contributed by atoms with Crippen molar-refractivity contribution < 1.29 is 9.59 Å². The first-order valence-electron chi connectivity index (χ1n) is 11.1. The minimum atomic E-state index is -0.703. The van der Waals surface area contributed by atoms with Gasteiger partial charge in [-0.15, -0.1) is 0 Å². The van der Waals surface area contributed by atoms with E-state index in [1.165, 1.54) is 5.56 Å². The van der Waals surface area contributed by atoms with Crippen molar-refractivity contribution in [2.75, 3.05) is 7.05 Å². The molecule has 8 heteroatoms. The Bertz CT molecular complexity index is 1480. The van der Waals surface area contributed by atoms with Crippen LogP contribution < -0.4 is 10.6 Å². The summed E-state index contributed by atoms with van der Waals surface area (Å²) in [6.45, 7) is 2.70. The Hall–Kier alpha value is -3.91.